The molecule has 0 aromatic carbocycles. The van der Waals surface area contributed by atoms with Gasteiger partial charge in [-0.3, -0.25) is 0 Å². The Kier molecular flexibility index (Phi) is 3.90. The molecule has 1 spiro atoms. The van der Waals surface area contributed by atoms with Crippen molar-refractivity contribution in [3.05, 3.63) is 24.3 Å². The van der Waals surface area contributed by atoms with E-state index in [1.165, 1.54) is 0 Å². The van der Waals surface area contributed by atoms with Gasteiger partial charge in [-0.1, -0.05) is 0 Å². The maximum Gasteiger partial charge on any atom is 0.146 e. The van der Waals surface area contributed by atoms with Gasteiger partial charge in [0.05, 0.1) is 17.9 Å². The van der Waals surface area contributed by atoms with E-state index in [0.717, 1.165) is 62.3 Å². The van der Waals surface area contributed by atoms with Crippen molar-refractivity contribution in [2.75, 3.05) is 31.1 Å². The van der Waals surface area contributed by atoms with E-state index in [-0.39, 0.29) is 11.8 Å². The molecule has 2 aliphatic rings. The third-order valence-corrected chi connectivity index (χ3v) is 5.48. The van der Waals surface area contributed by atoms with Crippen LogP contribution in [0, 0.1) is 16.7 Å². The van der Waals surface area contributed by atoms with Crippen molar-refractivity contribution < 1.29 is 4.79 Å². The molecule has 0 aliphatic carbocycles. The number of rotatable bonds is 3. The predicted octanol–water partition coefficient (Wildman–Crippen LogP) is 1.88. The van der Waals surface area contributed by atoms with E-state index in [4.69, 9.17) is 5.26 Å². The Hall–Kier alpha value is -2.84. The number of hydrogen-bond donors (Lipinski definition) is 1. The number of H-pyrrole nitrogens is 1. The Morgan fingerprint density at radius 1 is 1.32 bits per heavy atom. The molecule has 2 aromatic heterocycles. The Balaban J connectivity index is 1.57. The topological polar surface area (TPSA) is 88.9 Å². The van der Waals surface area contributed by atoms with E-state index < -0.39 is 0 Å². The van der Waals surface area contributed by atoms with Crippen molar-refractivity contribution in [1.29, 1.82) is 5.26 Å². The number of piperidine rings is 1. The fourth-order valence-electron chi connectivity index (χ4n) is 4.29. The molecule has 7 nitrogen and oxygen atoms in total. The summed E-state index contributed by atoms with van der Waals surface area (Å²) in [5, 5.41) is 9.95. The third kappa shape index (κ3) is 2.75. The van der Waals surface area contributed by atoms with Crippen LogP contribution in [0.3, 0.4) is 0 Å². The zero-order valence-corrected chi connectivity index (χ0v) is 14.0. The number of anilines is 1. The zero-order valence-electron chi connectivity index (χ0n) is 14.0. The van der Waals surface area contributed by atoms with E-state index in [2.05, 4.69) is 25.9 Å². The van der Waals surface area contributed by atoms with Crippen LogP contribution in [0.5, 0.6) is 0 Å². The first-order valence-corrected chi connectivity index (χ1v) is 8.64. The highest BCUT2D eigenvalue weighted by atomic mass is 16.1. The lowest BCUT2D eigenvalue weighted by Crippen LogP contribution is -2.45. The largest absolute Gasteiger partial charge is 0.364 e. The highest BCUT2D eigenvalue weighted by Crippen LogP contribution is 2.41. The summed E-state index contributed by atoms with van der Waals surface area (Å²) in [5.41, 5.74) is 1.49. The van der Waals surface area contributed by atoms with Crippen LogP contribution in [-0.2, 0) is 4.79 Å². The molecule has 0 radical (unpaired) electrons. The molecule has 7 heteroatoms. The summed E-state index contributed by atoms with van der Waals surface area (Å²) in [6.07, 6.45) is 6.91. The van der Waals surface area contributed by atoms with Crippen molar-refractivity contribution in [1.82, 2.24) is 19.9 Å². The lowest BCUT2D eigenvalue weighted by atomic mass is 9.79. The summed E-state index contributed by atoms with van der Waals surface area (Å²) in [4.78, 5) is 27.5. The summed E-state index contributed by atoms with van der Waals surface area (Å²) in [6.45, 7) is 3.54. The maximum atomic E-state index is 11.2. The van der Waals surface area contributed by atoms with Gasteiger partial charge in [-0.15, -0.1) is 0 Å². The van der Waals surface area contributed by atoms with Gasteiger partial charge in [0.25, 0.3) is 0 Å². The number of fused-ring (bicyclic) bond motifs is 1. The van der Waals surface area contributed by atoms with Gasteiger partial charge in [0.15, 0.2) is 0 Å². The minimum Gasteiger partial charge on any atom is -0.364 e. The van der Waals surface area contributed by atoms with E-state index in [1.54, 1.807) is 6.33 Å². The number of carbonyl (C=O) groups excluding carboxylic acids is 1. The second kappa shape index (κ2) is 6.23. The number of aromatic amines is 1. The van der Waals surface area contributed by atoms with Gasteiger partial charge in [-0.2, -0.15) is 5.26 Å². The molecule has 0 saturated carbocycles. The first-order valence-electron chi connectivity index (χ1n) is 8.64. The number of nitriles is 1. The SMILES string of the molecule is N#CCC(=C=O)N1CCC2(CCCN(c3ncnc4[nH]ccc34)C2)C1. The monoisotopic (exact) mass is 336 g/mol. The summed E-state index contributed by atoms with van der Waals surface area (Å²) in [5.74, 6) is 2.94. The van der Waals surface area contributed by atoms with Crippen LogP contribution >= 0.6 is 0 Å². The van der Waals surface area contributed by atoms with Crippen LogP contribution in [-0.4, -0.2) is 52.0 Å². The quantitative estimate of drug-likeness (QED) is 0.861. The van der Waals surface area contributed by atoms with E-state index >= 15 is 0 Å². The number of likely N-dealkylation sites (tertiary alicyclic amines) is 1. The van der Waals surface area contributed by atoms with Crippen molar-refractivity contribution >= 4 is 22.8 Å². The first-order chi connectivity index (χ1) is 12.2. The summed E-state index contributed by atoms with van der Waals surface area (Å²) in [6, 6.07) is 4.09. The van der Waals surface area contributed by atoms with E-state index in [9.17, 15) is 4.79 Å². The molecule has 1 atom stereocenters. The van der Waals surface area contributed by atoms with E-state index in [1.807, 2.05) is 23.1 Å². The normalized spacial score (nSPS) is 23.0. The molecule has 25 heavy (non-hydrogen) atoms. The first kappa shape index (κ1) is 15.7. The van der Waals surface area contributed by atoms with Crippen molar-refractivity contribution in [2.45, 2.75) is 25.7 Å². The zero-order chi connectivity index (χ0) is 17.3. The van der Waals surface area contributed by atoms with Crippen molar-refractivity contribution in [3.63, 3.8) is 0 Å². The van der Waals surface area contributed by atoms with E-state index in [0.29, 0.717) is 5.70 Å². The number of nitrogens with zero attached hydrogens (tertiary/aromatic N) is 5. The maximum absolute atomic E-state index is 11.2. The molecular formula is C18H20N6O. The molecule has 2 fully saturated rings. The molecule has 2 aromatic rings. The standard InChI is InChI=1S/C18H20N6O/c19-6-2-14(10-25)23-9-5-18(11-23)4-1-8-24(12-18)17-15-3-7-20-16(15)21-13-22-17/h3,7,13H,1-2,4-5,8-9,11-12H2,(H,20,21,22). The van der Waals surface area contributed by atoms with Gasteiger partial charge < -0.3 is 14.8 Å². The van der Waals surface area contributed by atoms with Crippen molar-refractivity contribution in [3.8, 4) is 6.07 Å². The Labute approximate surface area is 146 Å². The number of hydrogen-bond acceptors (Lipinski definition) is 6. The molecule has 4 rings (SSSR count). The van der Waals surface area contributed by atoms with Gasteiger partial charge in [0.2, 0.25) is 0 Å². The Morgan fingerprint density at radius 2 is 2.24 bits per heavy atom. The average molecular weight is 336 g/mol. The molecule has 2 saturated heterocycles. The fraction of sp³-hybridized carbons (Fsp3) is 0.500. The van der Waals surface area contributed by atoms with Crippen molar-refractivity contribution in [2.24, 2.45) is 5.41 Å². The van der Waals surface area contributed by atoms with Crippen LogP contribution in [0.15, 0.2) is 24.3 Å². The molecule has 1 unspecified atom stereocenters. The minimum absolute atomic E-state index is 0.138. The lowest BCUT2D eigenvalue weighted by Gasteiger charge is -2.41. The second-order valence-electron chi connectivity index (χ2n) is 7.02. The number of allylic oxidation sites excluding steroid dienone is 1. The van der Waals surface area contributed by atoms with Crippen LogP contribution in [0.4, 0.5) is 5.82 Å². The van der Waals surface area contributed by atoms with Gasteiger partial charge in [0.1, 0.15) is 29.4 Å². The third-order valence-electron chi connectivity index (χ3n) is 5.48. The molecular weight excluding hydrogens is 316 g/mol. The fourth-order valence-corrected chi connectivity index (χ4v) is 4.29. The number of nitrogens with one attached hydrogen (secondary N) is 1. The van der Waals surface area contributed by atoms with Gasteiger partial charge >= 0.3 is 0 Å². The second-order valence-corrected chi connectivity index (χ2v) is 7.02. The molecule has 0 amide bonds. The van der Waals surface area contributed by atoms with Crippen LogP contribution < -0.4 is 4.90 Å². The van der Waals surface area contributed by atoms with Gasteiger partial charge in [-0.25, -0.2) is 14.8 Å². The number of aromatic nitrogens is 3. The molecule has 2 aliphatic heterocycles. The molecule has 0 bridgehead atoms. The Bertz CT molecular complexity index is 877. The molecule has 128 valence electrons. The summed E-state index contributed by atoms with van der Waals surface area (Å²) >= 11 is 0. The highest BCUT2D eigenvalue weighted by Gasteiger charge is 2.42. The Morgan fingerprint density at radius 3 is 3.08 bits per heavy atom. The molecule has 4 heterocycles. The van der Waals surface area contributed by atoms with Gasteiger partial charge in [0, 0.05) is 37.8 Å². The highest BCUT2D eigenvalue weighted by molar-refractivity contribution is 5.87. The summed E-state index contributed by atoms with van der Waals surface area (Å²) in [7, 11) is 0. The summed E-state index contributed by atoms with van der Waals surface area (Å²) < 4.78 is 0. The minimum atomic E-state index is 0.138. The van der Waals surface area contributed by atoms with Crippen LogP contribution in [0.2, 0.25) is 0 Å². The van der Waals surface area contributed by atoms with Gasteiger partial charge in [-0.05, 0) is 25.3 Å². The van der Waals surface area contributed by atoms with Crippen LogP contribution in [0.25, 0.3) is 11.0 Å². The van der Waals surface area contributed by atoms with Crippen LogP contribution in [0.1, 0.15) is 25.7 Å². The average Bonchev–Trinajstić information content (AvgIpc) is 3.27. The smallest absolute Gasteiger partial charge is 0.146 e. The lowest BCUT2D eigenvalue weighted by molar-refractivity contribution is 0.235. The predicted molar refractivity (Wildman–Crippen MR) is 93.4 cm³/mol. The molecule has 1 N–H and O–H groups in total.